The fraction of sp³-hybridized carbons (Fsp3) is 0.267. The molecule has 1 N–H and O–H groups in total. The number of nitrogens with zero attached hydrogens (tertiary/aromatic N) is 4. The van der Waals surface area contributed by atoms with Gasteiger partial charge in [-0.15, -0.1) is 0 Å². The van der Waals surface area contributed by atoms with Crippen molar-refractivity contribution in [1.29, 1.82) is 0 Å². The second kappa shape index (κ2) is 5.66. The first-order valence-electron chi connectivity index (χ1n) is 7.08. The number of H-pyrrole nitrogens is 1. The van der Waals surface area contributed by atoms with E-state index in [0.717, 1.165) is 34.5 Å². The van der Waals surface area contributed by atoms with Crippen LogP contribution < -0.4 is 4.90 Å². The Morgan fingerprint density at radius 1 is 1.23 bits per heavy atom. The van der Waals surface area contributed by atoms with Gasteiger partial charge in [0, 0.05) is 17.6 Å². The number of hydrogen-bond donors (Lipinski definition) is 1. The highest BCUT2D eigenvalue weighted by atomic mass is 79.9. The van der Waals surface area contributed by atoms with E-state index in [2.05, 4.69) is 46.8 Å². The Kier molecular flexibility index (Phi) is 3.51. The minimum atomic E-state index is 0.0114. The standard InChI is InChI=1S/C15H14BrN5O/c16-11-4-2-1-3-10(11)12-7-21(5-6-22-12)15-13-14(18-8-17-13)19-9-20-15/h1-4,8-9,12H,5-7H2,(H,17,18,19,20). The van der Waals surface area contributed by atoms with Crippen molar-refractivity contribution >= 4 is 32.9 Å². The number of rotatable bonds is 2. The van der Waals surface area contributed by atoms with Gasteiger partial charge in [-0.3, -0.25) is 0 Å². The minimum Gasteiger partial charge on any atom is -0.370 e. The molecule has 7 heteroatoms. The molecule has 1 saturated heterocycles. The van der Waals surface area contributed by atoms with Crippen LogP contribution in [-0.2, 0) is 4.74 Å². The number of hydrogen-bond acceptors (Lipinski definition) is 5. The molecule has 0 saturated carbocycles. The lowest BCUT2D eigenvalue weighted by molar-refractivity contribution is 0.0391. The highest BCUT2D eigenvalue weighted by molar-refractivity contribution is 9.10. The molecular weight excluding hydrogens is 346 g/mol. The molecule has 2 aromatic heterocycles. The van der Waals surface area contributed by atoms with Crippen molar-refractivity contribution in [3.8, 4) is 0 Å². The molecule has 3 heterocycles. The third kappa shape index (κ3) is 2.36. The highest BCUT2D eigenvalue weighted by Crippen LogP contribution is 2.31. The van der Waals surface area contributed by atoms with Crippen molar-refractivity contribution in [2.45, 2.75) is 6.10 Å². The smallest absolute Gasteiger partial charge is 0.182 e. The van der Waals surface area contributed by atoms with Crippen LogP contribution in [0, 0.1) is 0 Å². The number of nitrogens with one attached hydrogen (secondary N) is 1. The number of ether oxygens (including phenoxy) is 1. The molecule has 1 fully saturated rings. The Labute approximate surface area is 135 Å². The molecule has 1 aliphatic heterocycles. The Morgan fingerprint density at radius 2 is 2.14 bits per heavy atom. The van der Waals surface area contributed by atoms with Crippen molar-refractivity contribution in [3.63, 3.8) is 0 Å². The van der Waals surface area contributed by atoms with Crippen LogP contribution in [0.5, 0.6) is 0 Å². The normalized spacial score (nSPS) is 18.8. The fourth-order valence-corrected chi connectivity index (χ4v) is 3.30. The third-order valence-electron chi connectivity index (χ3n) is 3.82. The molecule has 0 spiro atoms. The van der Waals surface area contributed by atoms with E-state index in [-0.39, 0.29) is 6.10 Å². The Hall–Kier alpha value is -1.99. The van der Waals surface area contributed by atoms with E-state index in [0.29, 0.717) is 12.3 Å². The molecule has 6 nitrogen and oxygen atoms in total. The molecular formula is C15H14BrN5O. The predicted octanol–water partition coefficient (Wildman–Crippen LogP) is 2.69. The van der Waals surface area contributed by atoms with E-state index in [1.165, 1.54) is 0 Å². The minimum absolute atomic E-state index is 0.0114. The molecule has 112 valence electrons. The van der Waals surface area contributed by atoms with Crippen LogP contribution >= 0.6 is 15.9 Å². The van der Waals surface area contributed by atoms with Gasteiger partial charge in [-0.05, 0) is 11.6 Å². The maximum absolute atomic E-state index is 5.95. The van der Waals surface area contributed by atoms with Crippen LogP contribution in [0.4, 0.5) is 5.82 Å². The molecule has 0 amide bonds. The number of aromatic amines is 1. The molecule has 0 radical (unpaired) electrons. The lowest BCUT2D eigenvalue weighted by Gasteiger charge is -2.34. The second-order valence-electron chi connectivity index (χ2n) is 5.13. The molecule has 4 rings (SSSR count). The summed E-state index contributed by atoms with van der Waals surface area (Å²) >= 11 is 3.60. The van der Waals surface area contributed by atoms with E-state index in [1.54, 1.807) is 12.7 Å². The molecule has 0 aliphatic carbocycles. The van der Waals surface area contributed by atoms with Crippen molar-refractivity contribution in [1.82, 2.24) is 19.9 Å². The maximum atomic E-state index is 5.95. The lowest BCUT2D eigenvalue weighted by Crippen LogP contribution is -2.39. The van der Waals surface area contributed by atoms with Crippen molar-refractivity contribution in [3.05, 3.63) is 47.0 Å². The summed E-state index contributed by atoms with van der Waals surface area (Å²) in [7, 11) is 0. The molecule has 1 unspecified atom stereocenters. The maximum Gasteiger partial charge on any atom is 0.182 e. The van der Waals surface area contributed by atoms with Gasteiger partial charge in [-0.1, -0.05) is 34.1 Å². The summed E-state index contributed by atoms with van der Waals surface area (Å²) in [6.07, 6.45) is 3.22. The van der Waals surface area contributed by atoms with Crippen molar-refractivity contribution in [2.24, 2.45) is 0 Å². The number of halogens is 1. The Balaban J connectivity index is 1.67. The molecule has 22 heavy (non-hydrogen) atoms. The van der Waals surface area contributed by atoms with Gasteiger partial charge in [0.15, 0.2) is 11.5 Å². The molecule has 1 aromatic carbocycles. The fourth-order valence-electron chi connectivity index (χ4n) is 2.76. The number of anilines is 1. The summed E-state index contributed by atoms with van der Waals surface area (Å²) in [4.78, 5) is 18.1. The molecule has 0 bridgehead atoms. The largest absolute Gasteiger partial charge is 0.370 e. The quantitative estimate of drug-likeness (QED) is 0.761. The Bertz CT molecular complexity index is 805. The van der Waals surface area contributed by atoms with Crippen LogP contribution in [0.15, 0.2) is 41.4 Å². The lowest BCUT2D eigenvalue weighted by atomic mass is 10.1. The average molecular weight is 360 g/mol. The van der Waals surface area contributed by atoms with Crippen molar-refractivity contribution in [2.75, 3.05) is 24.6 Å². The monoisotopic (exact) mass is 359 g/mol. The number of benzene rings is 1. The van der Waals surface area contributed by atoms with E-state index < -0.39 is 0 Å². The van der Waals surface area contributed by atoms with E-state index in [1.807, 2.05) is 18.2 Å². The zero-order chi connectivity index (χ0) is 14.9. The van der Waals surface area contributed by atoms with E-state index in [9.17, 15) is 0 Å². The number of aromatic nitrogens is 4. The summed E-state index contributed by atoms with van der Waals surface area (Å²) in [5.41, 5.74) is 2.71. The Morgan fingerprint density at radius 3 is 3.05 bits per heavy atom. The van der Waals surface area contributed by atoms with Gasteiger partial charge in [0.1, 0.15) is 17.9 Å². The highest BCUT2D eigenvalue weighted by Gasteiger charge is 2.25. The average Bonchev–Trinajstić information content (AvgIpc) is 3.04. The number of imidazole rings is 1. The first-order valence-corrected chi connectivity index (χ1v) is 7.87. The van der Waals surface area contributed by atoms with Crippen LogP contribution in [-0.4, -0.2) is 39.6 Å². The topological polar surface area (TPSA) is 66.9 Å². The summed E-state index contributed by atoms with van der Waals surface area (Å²) in [6, 6.07) is 8.16. The summed E-state index contributed by atoms with van der Waals surface area (Å²) < 4.78 is 7.02. The third-order valence-corrected chi connectivity index (χ3v) is 4.54. The van der Waals surface area contributed by atoms with E-state index >= 15 is 0 Å². The molecule has 3 aromatic rings. The second-order valence-corrected chi connectivity index (χ2v) is 5.98. The van der Waals surface area contributed by atoms with E-state index in [4.69, 9.17) is 4.74 Å². The summed E-state index contributed by atoms with van der Waals surface area (Å²) in [5.74, 6) is 0.878. The van der Waals surface area contributed by atoms with Crippen LogP contribution in [0.2, 0.25) is 0 Å². The van der Waals surface area contributed by atoms with Gasteiger partial charge in [-0.2, -0.15) is 0 Å². The van der Waals surface area contributed by atoms with Crippen LogP contribution in [0.25, 0.3) is 11.2 Å². The van der Waals surface area contributed by atoms with Gasteiger partial charge in [0.2, 0.25) is 0 Å². The van der Waals surface area contributed by atoms with Gasteiger partial charge in [0.05, 0.1) is 12.9 Å². The number of morpholine rings is 1. The molecule has 1 aliphatic rings. The summed E-state index contributed by atoms with van der Waals surface area (Å²) in [6.45, 7) is 2.20. The van der Waals surface area contributed by atoms with Gasteiger partial charge >= 0.3 is 0 Å². The molecule has 1 atom stereocenters. The number of fused-ring (bicyclic) bond motifs is 1. The van der Waals surface area contributed by atoms with Crippen LogP contribution in [0.1, 0.15) is 11.7 Å². The zero-order valence-corrected chi connectivity index (χ0v) is 13.3. The summed E-state index contributed by atoms with van der Waals surface area (Å²) in [5, 5.41) is 0. The first-order chi connectivity index (χ1) is 10.8. The van der Waals surface area contributed by atoms with Crippen LogP contribution in [0.3, 0.4) is 0 Å². The van der Waals surface area contributed by atoms with Gasteiger partial charge in [0.25, 0.3) is 0 Å². The van der Waals surface area contributed by atoms with Gasteiger partial charge < -0.3 is 14.6 Å². The first kappa shape index (κ1) is 13.7. The van der Waals surface area contributed by atoms with Gasteiger partial charge in [-0.25, -0.2) is 15.0 Å². The SMILES string of the molecule is Brc1ccccc1C1CN(c2ncnc3nc[nH]c23)CCO1. The van der Waals surface area contributed by atoms with Crippen molar-refractivity contribution < 1.29 is 4.74 Å². The zero-order valence-electron chi connectivity index (χ0n) is 11.7. The predicted molar refractivity (Wildman–Crippen MR) is 86.7 cm³/mol.